The van der Waals surface area contributed by atoms with E-state index in [1.54, 1.807) is 6.92 Å². The Morgan fingerprint density at radius 3 is 2.03 bits per heavy atom. The molecule has 0 aromatic heterocycles. The number of carbonyl (C=O) groups is 4. The predicted molar refractivity (Wildman–Crippen MR) is 138 cm³/mol. The Labute approximate surface area is 213 Å². The van der Waals surface area contributed by atoms with Gasteiger partial charge in [0.15, 0.2) is 0 Å². The lowest BCUT2D eigenvalue weighted by molar-refractivity contribution is -0.140. The molecule has 36 heavy (non-hydrogen) atoms. The van der Waals surface area contributed by atoms with Crippen LogP contribution in [0.4, 0.5) is 4.79 Å². The molecule has 0 radical (unpaired) electrons. The summed E-state index contributed by atoms with van der Waals surface area (Å²) in [4.78, 5) is 50.3. The van der Waals surface area contributed by atoms with Crippen molar-refractivity contribution < 1.29 is 23.9 Å². The van der Waals surface area contributed by atoms with Crippen LogP contribution < -0.4 is 16.0 Å². The van der Waals surface area contributed by atoms with Crippen molar-refractivity contribution in [3.63, 3.8) is 0 Å². The van der Waals surface area contributed by atoms with Crippen LogP contribution in [0.3, 0.4) is 0 Å². The third kappa shape index (κ3) is 10.3. The van der Waals surface area contributed by atoms with Crippen molar-refractivity contribution in [3.05, 3.63) is 71.8 Å². The van der Waals surface area contributed by atoms with Crippen LogP contribution in [0.1, 0.15) is 51.2 Å². The first-order valence-corrected chi connectivity index (χ1v) is 12.4. The van der Waals surface area contributed by atoms with Crippen LogP contribution in [0, 0.1) is 5.92 Å². The molecule has 0 spiro atoms. The van der Waals surface area contributed by atoms with Gasteiger partial charge in [0.05, 0.1) is 6.04 Å². The van der Waals surface area contributed by atoms with Crippen LogP contribution >= 0.6 is 0 Å². The lowest BCUT2D eigenvalue weighted by Crippen LogP contribution is -2.54. The summed E-state index contributed by atoms with van der Waals surface area (Å²) >= 11 is 0. The fraction of sp³-hybridized carbons (Fsp3) is 0.429. The van der Waals surface area contributed by atoms with Crippen LogP contribution in [0.2, 0.25) is 0 Å². The molecular weight excluding hydrogens is 458 g/mol. The third-order valence-corrected chi connectivity index (χ3v) is 5.56. The van der Waals surface area contributed by atoms with Gasteiger partial charge in [0, 0.05) is 6.54 Å². The Hall–Kier alpha value is -3.68. The van der Waals surface area contributed by atoms with Gasteiger partial charge in [-0.3, -0.25) is 14.4 Å². The molecule has 0 heterocycles. The van der Waals surface area contributed by atoms with E-state index in [9.17, 15) is 19.2 Å². The Bertz CT molecular complexity index is 979. The summed E-state index contributed by atoms with van der Waals surface area (Å²) in [5, 5.41) is 7.85. The number of alkyl carbamates (subject to hydrolysis) is 1. The number of ketones is 1. The van der Waals surface area contributed by atoms with Gasteiger partial charge in [-0.05, 0) is 42.7 Å². The lowest BCUT2D eigenvalue weighted by atomic mass is 10.0. The van der Waals surface area contributed by atoms with Gasteiger partial charge in [0.1, 0.15) is 12.6 Å². The number of benzene rings is 2. The molecule has 0 aliphatic heterocycles. The molecule has 2 unspecified atom stereocenters. The molecule has 0 saturated carbocycles. The summed E-state index contributed by atoms with van der Waals surface area (Å²) < 4.78 is 5.23. The van der Waals surface area contributed by atoms with Gasteiger partial charge in [-0.15, -0.1) is 0 Å². The first-order valence-electron chi connectivity index (χ1n) is 12.4. The number of Topliss-reactive ketones (excluding diaryl/α,β-unsaturated/α-hetero) is 1. The Morgan fingerprint density at radius 1 is 0.833 bits per heavy atom. The van der Waals surface area contributed by atoms with Crippen LogP contribution in [-0.2, 0) is 32.1 Å². The van der Waals surface area contributed by atoms with Gasteiger partial charge in [0.25, 0.3) is 5.91 Å². The molecule has 2 aromatic carbocycles. The fourth-order valence-electron chi connectivity index (χ4n) is 3.62. The minimum Gasteiger partial charge on any atom is -0.445 e. The number of rotatable bonds is 14. The van der Waals surface area contributed by atoms with Crippen LogP contribution in [-0.4, -0.2) is 42.3 Å². The van der Waals surface area contributed by atoms with E-state index >= 15 is 0 Å². The Balaban J connectivity index is 1.85. The molecule has 194 valence electrons. The summed E-state index contributed by atoms with van der Waals surface area (Å²) in [7, 11) is 0. The quantitative estimate of drug-likeness (QED) is 0.274. The van der Waals surface area contributed by atoms with Crippen LogP contribution in [0.5, 0.6) is 0 Å². The standard InChI is InChI=1S/C28H37N3O5/c1-4-23(25(32)27(34)29-17-11-16-21-12-7-5-8-13-21)30-26(33)24(18-20(2)3)31-28(35)36-19-22-14-9-6-10-15-22/h5-10,12-15,20,23-24H,4,11,16-19H2,1-3H3,(H,29,34)(H,30,33)(H,31,35). The highest BCUT2D eigenvalue weighted by Gasteiger charge is 2.29. The summed E-state index contributed by atoms with van der Waals surface area (Å²) in [5.74, 6) is -1.87. The van der Waals surface area contributed by atoms with Crippen molar-refractivity contribution in [2.75, 3.05) is 6.54 Å². The van der Waals surface area contributed by atoms with Crippen LogP contribution in [0.15, 0.2) is 60.7 Å². The first-order chi connectivity index (χ1) is 17.3. The van der Waals surface area contributed by atoms with Gasteiger partial charge in [-0.25, -0.2) is 4.79 Å². The summed E-state index contributed by atoms with van der Waals surface area (Å²) in [6, 6.07) is 17.2. The normalized spacial score (nSPS) is 12.3. The average Bonchev–Trinajstić information content (AvgIpc) is 2.88. The van der Waals surface area contributed by atoms with Crippen molar-refractivity contribution in [1.29, 1.82) is 0 Å². The van der Waals surface area contributed by atoms with E-state index in [-0.39, 0.29) is 18.9 Å². The van der Waals surface area contributed by atoms with Gasteiger partial charge >= 0.3 is 6.09 Å². The summed E-state index contributed by atoms with van der Waals surface area (Å²) in [5.41, 5.74) is 1.98. The van der Waals surface area contributed by atoms with Crippen molar-refractivity contribution >= 4 is 23.7 Å². The number of carbonyl (C=O) groups excluding carboxylic acids is 4. The van der Waals surface area contributed by atoms with Crippen LogP contribution in [0.25, 0.3) is 0 Å². The smallest absolute Gasteiger partial charge is 0.408 e. The van der Waals surface area contributed by atoms with Crippen molar-refractivity contribution in [1.82, 2.24) is 16.0 Å². The molecule has 0 bridgehead atoms. The molecule has 2 atom stereocenters. The molecule has 3 N–H and O–H groups in total. The number of nitrogens with one attached hydrogen (secondary N) is 3. The summed E-state index contributed by atoms with van der Waals surface area (Å²) in [6.07, 6.45) is 1.34. The van der Waals surface area contributed by atoms with Crippen molar-refractivity contribution in [3.8, 4) is 0 Å². The van der Waals surface area contributed by atoms with E-state index in [1.807, 2.05) is 74.5 Å². The highest BCUT2D eigenvalue weighted by molar-refractivity contribution is 6.38. The second-order valence-electron chi connectivity index (χ2n) is 9.07. The molecule has 0 aliphatic carbocycles. The second-order valence-corrected chi connectivity index (χ2v) is 9.07. The Kier molecular flexibility index (Phi) is 12.2. The van der Waals surface area contributed by atoms with E-state index in [2.05, 4.69) is 16.0 Å². The number of ether oxygens (including phenoxy) is 1. The Morgan fingerprint density at radius 2 is 1.44 bits per heavy atom. The molecule has 0 aliphatic rings. The first kappa shape index (κ1) is 28.6. The van der Waals surface area contributed by atoms with Crippen molar-refractivity contribution in [2.45, 2.75) is 65.1 Å². The minimum absolute atomic E-state index is 0.0726. The molecule has 0 saturated heterocycles. The highest BCUT2D eigenvalue weighted by atomic mass is 16.5. The number of hydrogen-bond acceptors (Lipinski definition) is 5. The monoisotopic (exact) mass is 495 g/mol. The zero-order valence-corrected chi connectivity index (χ0v) is 21.3. The molecular formula is C28H37N3O5. The number of aryl methyl sites for hydroxylation is 1. The molecule has 2 aromatic rings. The molecule has 8 nitrogen and oxygen atoms in total. The van der Waals surface area contributed by atoms with E-state index in [4.69, 9.17) is 4.74 Å². The molecule has 2 rings (SSSR count). The highest BCUT2D eigenvalue weighted by Crippen LogP contribution is 2.08. The van der Waals surface area contributed by atoms with E-state index in [1.165, 1.54) is 0 Å². The fourth-order valence-corrected chi connectivity index (χ4v) is 3.62. The predicted octanol–water partition coefficient (Wildman–Crippen LogP) is 3.54. The van der Waals surface area contributed by atoms with Gasteiger partial charge < -0.3 is 20.7 Å². The van der Waals surface area contributed by atoms with Gasteiger partial charge in [-0.1, -0.05) is 81.4 Å². The SMILES string of the molecule is CCC(NC(=O)C(CC(C)C)NC(=O)OCc1ccccc1)C(=O)C(=O)NCCCc1ccccc1. The topological polar surface area (TPSA) is 114 Å². The largest absolute Gasteiger partial charge is 0.445 e. The zero-order valence-electron chi connectivity index (χ0n) is 21.3. The van der Waals surface area contributed by atoms with E-state index in [0.717, 1.165) is 17.5 Å². The van der Waals surface area contributed by atoms with Gasteiger partial charge in [-0.2, -0.15) is 0 Å². The van der Waals surface area contributed by atoms with Crippen molar-refractivity contribution in [2.24, 2.45) is 5.92 Å². The molecule has 8 heteroatoms. The third-order valence-electron chi connectivity index (χ3n) is 5.56. The molecule has 3 amide bonds. The van der Waals surface area contributed by atoms with E-state index < -0.39 is 35.8 Å². The zero-order chi connectivity index (χ0) is 26.3. The summed E-state index contributed by atoms with van der Waals surface area (Å²) in [6.45, 7) is 5.98. The maximum absolute atomic E-state index is 12.9. The average molecular weight is 496 g/mol. The number of hydrogen-bond donors (Lipinski definition) is 3. The number of amides is 3. The molecule has 0 fully saturated rings. The lowest BCUT2D eigenvalue weighted by Gasteiger charge is -2.23. The maximum atomic E-state index is 12.9. The maximum Gasteiger partial charge on any atom is 0.408 e. The second kappa shape index (κ2) is 15.3. The van der Waals surface area contributed by atoms with E-state index in [0.29, 0.717) is 19.4 Å². The van der Waals surface area contributed by atoms with Gasteiger partial charge in [0.2, 0.25) is 11.7 Å². The minimum atomic E-state index is -0.983.